The molecule has 81 heavy (non-hydrogen) atoms. The van der Waals surface area contributed by atoms with Crippen molar-refractivity contribution in [1.82, 2.24) is 5.32 Å². The number of ketones is 2. The first-order chi connectivity index (χ1) is 38.1. The van der Waals surface area contributed by atoms with Crippen molar-refractivity contribution in [2.75, 3.05) is 53.6 Å². The second kappa shape index (κ2) is 28.2. The Morgan fingerprint density at radius 3 is 2.42 bits per heavy atom. The molecule has 4 saturated carbocycles. The Hall–Kier alpha value is -4.04. The Morgan fingerprint density at radius 2 is 1.69 bits per heavy atom. The zero-order chi connectivity index (χ0) is 57.3. The van der Waals surface area contributed by atoms with E-state index in [0.29, 0.717) is 36.9 Å². The van der Waals surface area contributed by atoms with Crippen LogP contribution in [-0.4, -0.2) is 132 Å². The standard InChI is InChI=1S/C61H90N5O13P.ClH/c1-59-29-28-46(67)35-45(59)25-26-47-48-36-54-61(60(48,2)37-50(68)55(47)59,78-57(77-54)42-21-11-8-12-22-42)53(70)40-76-56(71)49(23-17-31-65-58(62)63)66(3,4)39-44-34-43(24-27-52(44)79-80(72,73)74)51(69)38-64-30-14-5-6-15-32-75-33-16-13-20-41-18-9-7-10-19-41;/h7,9-10,18-19,24,27-29,34-35,42,47-51,54-55,57,64,68-69H,5-6,8,11-17,20-23,25-26,30-33,36-40H2,1-4H3,(H5-,62,63,65,72,73,74);1H/t47?,48?,49-,50-,51?,54+,55?,57+,59-,60-,61+;/m0./s1. The van der Waals surface area contributed by atoms with Crippen molar-refractivity contribution in [3.63, 3.8) is 0 Å². The first kappa shape index (κ1) is 64.5. The molecule has 5 aliphatic carbocycles. The van der Waals surface area contributed by atoms with Crippen LogP contribution in [0.1, 0.15) is 146 Å². The molecule has 20 heteroatoms. The zero-order valence-electron chi connectivity index (χ0n) is 48.1. The topological polar surface area (TPSA) is 272 Å². The number of likely N-dealkylation sites (N-methyl/N-ethyl adjacent to an activating group) is 1. The van der Waals surface area contributed by atoms with Crippen LogP contribution < -0.4 is 33.7 Å². The number of allylic oxidation sites excluding steroid dienone is 4. The monoisotopic (exact) mass is 1170 g/mol. The molecule has 1 aliphatic heterocycles. The van der Waals surface area contributed by atoms with Gasteiger partial charge in [-0.2, -0.15) is 0 Å². The van der Waals surface area contributed by atoms with E-state index >= 15 is 4.79 Å². The average molecular weight is 1170 g/mol. The summed E-state index contributed by atoms with van der Waals surface area (Å²) in [5.74, 6) is -1.54. The number of ether oxygens (including phenoxy) is 4. The molecule has 6 aliphatic rings. The summed E-state index contributed by atoms with van der Waals surface area (Å²) in [4.78, 5) is 66.9. The molecule has 0 aromatic heterocycles. The molecule has 0 amide bonds. The molecule has 18 nitrogen and oxygen atoms in total. The Morgan fingerprint density at radius 1 is 0.963 bits per heavy atom. The van der Waals surface area contributed by atoms with Crippen LogP contribution in [0.2, 0.25) is 0 Å². The highest BCUT2D eigenvalue weighted by molar-refractivity contribution is 7.46. The fourth-order valence-electron chi connectivity index (χ4n) is 14.9. The number of carbonyl (C=O) groups excluding carboxylic acids is 3. The van der Waals surface area contributed by atoms with E-state index in [4.69, 9.17) is 34.9 Å². The Kier molecular flexibility index (Phi) is 22.5. The van der Waals surface area contributed by atoms with E-state index in [1.54, 1.807) is 38.4 Å². The Balaban J connectivity index is 0.00000946. The molecule has 2 aromatic rings. The normalized spacial score (nSPS) is 28.8. The van der Waals surface area contributed by atoms with Crippen molar-refractivity contribution in [2.24, 2.45) is 51.0 Å². The number of halogens is 1. The predicted octanol–water partition coefficient (Wildman–Crippen LogP) is 4.45. The number of aliphatic hydroxyl groups excluding tert-OH is 2. The number of phosphoric ester groups is 1. The number of esters is 1. The highest BCUT2D eigenvalue weighted by Crippen LogP contribution is 2.70. The summed E-state index contributed by atoms with van der Waals surface area (Å²) in [5.41, 5.74) is 11.6. The van der Waals surface area contributed by atoms with Gasteiger partial charge in [0.15, 0.2) is 36.3 Å². The molecular weight excluding hydrogens is 1080 g/mol. The number of aliphatic hydroxyl groups is 2. The quantitative estimate of drug-likeness (QED) is 0.0148. The third-order valence-electron chi connectivity index (χ3n) is 18.9. The van der Waals surface area contributed by atoms with Crippen molar-refractivity contribution < 1.29 is 79.3 Å². The maximum Gasteiger partial charge on any atom is 0.524 e. The smallest absolute Gasteiger partial charge is 0.524 e. The molecule has 0 spiro atoms. The third-order valence-corrected chi connectivity index (χ3v) is 19.4. The lowest BCUT2D eigenvalue weighted by atomic mass is 9.46. The number of nitrogens with two attached hydrogens (primary N) is 2. The number of nitrogens with one attached hydrogen (secondary N) is 1. The van der Waals surface area contributed by atoms with Gasteiger partial charge in [0.2, 0.25) is 5.78 Å². The summed E-state index contributed by atoms with van der Waals surface area (Å²) in [6, 6.07) is 14.1. The molecule has 8 rings (SSSR count). The summed E-state index contributed by atoms with van der Waals surface area (Å²) in [6.45, 7) is 6.15. The molecule has 0 radical (unpaired) electrons. The first-order valence-corrected chi connectivity index (χ1v) is 31.1. The first-order valence-electron chi connectivity index (χ1n) is 29.6. The number of unbranched alkanes of at least 4 members (excludes halogenated alkanes) is 4. The lowest BCUT2D eigenvalue weighted by molar-refractivity contribution is -0.920. The van der Waals surface area contributed by atoms with Crippen LogP contribution in [0.5, 0.6) is 5.75 Å². The van der Waals surface area contributed by atoms with Gasteiger partial charge in [-0.15, -0.1) is 0 Å². The van der Waals surface area contributed by atoms with Crippen LogP contribution in [0, 0.1) is 34.5 Å². The summed E-state index contributed by atoms with van der Waals surface area (Å²) in [5, 5.41) is 27.1. The SMILES string of the molecule is C[C@]12C=CC(=O)C=C1CCC1C2[C@@H](O)C[C@@]2(C)C1C[C@H]1O[C@@H](C3CCCCC3)O[C@]12C(=O)COC(=O)[C@H](CCCN=C(N)N)[N+](C)(C)Cc1cc(C(O)CNCCCCCCOCCCCc2ccccc2)ccc1OP(=O)(O)O.[Cl-]. The maximum atomic E-state index is 15.5. The number of fused-ring (bicyclic) bond motifs is 7. The van der Waals surface area contributed by atoms with Crippen LogP contribution >= 0.6 is 7.82 Å². The number of aliphatic imine (C=N–C) groups is 1. The van der Waals surface area contributed by atoms with Crippen molar-refractivity contribution in [2.45, 2.75) is 172 Å². The van der Waals surface area contributed by atoms with Gasteiger partial charge in [-0.25, -0.2) is 9.36 Å². The third kappa shape index (κ3) is 15.3. The van der Waals surface area contributed by atoms with Crippen molar-refractivity contribution in [3.8, 4) is 5.75 Å². The number of Topliss-reactive ketones (excluding diaryl/α,β-unsaturated/α-hetero) is 1. The maximum absolute atomic E-state index is 15.5. The van der Waals surface area contributed by atoms with E-state index in [0.717, 1.165) is 102 Å². The highest BCUT2D eigenvalue weighted by atomic mass is 35.5. The largest absolute Gasteiger partial charge is 1.00 e. The van der Waals surface area contributed by atoms with Crippen LogP contribution in [0.4, 0.5) is 0 Å². The van der Waals surface area contributed by atoms with Gasteiger partial charge in [0, 0.05) is 61.0 Å². The minimum absolute atomic E-state index is 0. The van der Waals surface area contributed by atoms with E-state index in [-0.39, 0.29) is 90.5 Å². The van der Waals surface area contributed by atoms with Gasteiger partial charge in [-0.3, -0.25) is 24.4 Å². The van der Waals surface area contributed by atoms with Crippen LogP contribution in [0.3, 0.4) is 0 Å². The van der Waals surface area contributed by atoms with E-state index in [2.05, 4.69) is 48.4 Å². The van der Waals surface area contributed by atoms with Crippen LogP contribution in [-0.2, 0) is 50.9 Å². The van der Waals surface area contributed by atoms with Gasteiger partial charge in [0.1, 0.15) is 12.3 Å². The number of guanidine groups is 1. The van der Waals surface area contributed by atoms with Crippen molar-refractivity contribution in [1.29, 1.82) is 0 Å². The van der Waals surface area contributed by atoms with Gasteiger partial charge in [0.25, 0.3) is 0 Å². The number of hydrogen-bond donors (Lipinski definition) is 7. The summed E-state index contributed by atoms with van der Waals surface area (Å²) in [7, 11) is -1.50. The molecule has 11 atom stereocenters. The minimum Gasteiger partial charge on any atom is -1.00 e. The number of aryl methyl sites for hydroxylation is 1. The van der Waals surface area contributed by atoms with Gasteiger partial charge < -0.3 is 67.4 Å². The fraction of sp³-hybridized carbons (Fsp3) is 0.672. The molecule has 0 bridgehead atoms. The summed E-state index contributed by atoms with van der Waals surface area (Å²) >= 11 is 0. The Bertz CT molecular complexity index is 2590. The molecule has 5 fully saturated rings. The summed E-state index contributed by atoms with van der Waals surface area (Å²) in [6.07, 6.45) is 17.2. The van der Waals surface area contributed by atoms with Crippen LogP contribution in [0.15, 0.2) is 77.3 Å². The number of rotatable bonds is 29. The van der Waals surface area contributed by atoms with E-state index < -0.39 is 73.3 Å². The second-order valence-electron chi connectivity index (χ2n) is 24.8. The highest BCUT2D eigenvalue weighted by Gasteiger charge is 2.76. The molecular formula is C61H91ClN5O13P. The minimum atomic E-state index is -5.06. The number of carbonyl (C=O) groups is 3. The predicted molar refractivity (Wildman–Crippen MR) is 304 cm³/mol. The number of nitrogens with zero attached hydrogens (tertiary/aromatic N) is 2. The number of quaternary nitrogens is 1. The molecule has 1 heterocycles. The number of hydrogen-bond acceptors (Lipinski definition) is 13. The van der Waals surface area contributed by atoms with Crippen molar-refractivity contribution in [3.05, 3.63) is 89.0 Å². The lowest BCUT2D eigenvalue weighted by Crippen LogP contribution is -3.00. The molecule has 9 N–H and O–H groups in total. The van der Waals surface area contributed by atoms with Gasteiger partial charge in [0.05, 0.1) is 32.4 Å². The van der Waals surface area contributed by atoms with E-state index in [1.807, 2.05) is 12.1 Å². The number of phosphoric acid groups is 1. The second-order valence-corrected chi connectivity index (χ2v) is 25.9. The average Bonchev–Trinajstić information content (AvgIpc) is 2.57. The van der Waals surface area contributed by atoms with E-state index in [9.17, 15) is 34.2 Å². The van der Waals surface area contributed by atoms with Crippen LogP contribution in [0.25, 0.3) is 0 Å². The van der Waals surface area contributed by atoms with Gasteiger partial charge in [-0.05, 0) is 131 Å². The molecule has 4 unspecified atom stereocenters. The molecule has 1 saturated heterocycles. The lowest BCUT2D eigenvalue weighted by Gasteiger charge is -2.59. The number of benzene rings is 2. The van der Waals surface area contributed by atoms with Crippen molar-refractivity contribution >= 4 is 31.3 Å². The van der Waals surface area contributed by atoms with E-state index in [1.165, 1.54) is 11.6 Å². The zero-order valence-corrected chi connectivity index (χ0v) is 49.7. The Labute approximate surface area is 485 Å². The van der Waals surface area contributed by atoms with Gasteiger partial charge in [-0.1, -0.05) is 94.0 Å². The summed E-state index contributed by atoms with van der Waals surface area (Å²) < 4.78 is 43.5. The fourth-order valence-corrected chi connectivity index (χ4v) is 15.4. The van der Waals surface area contributed by atoms with Gasteiger partial charge >= 0.3 is 13.8 Å². The molecule has 2 aromatic carbocycles. The molecule has 450 valence electrons.